The van der Waals surface area contributed by atoms with Crippen molar-refractivity contribution in [3.63, 3.8) is 0 Å². The number of carbonyl (C=O) groups excluding carboxylic acids is 1. The van der Waals surface area contributed by atoms with E-state index in [1.807, 2.05) is 6.92 Å². The van der Waals surface area contributed by atoms with Crippen LogP contribution in [0.3, 0.4) is 0 Å². The Morgan fingerprint density at radius 2 is 2.47 bits per heavy atom. The lowest BCUT2D eigenvalue weighted by molar-refractivity contribution is 0.0947. The van der Waals surface area contributed by atoms with Gasteiger partial charge in [0.2, 0.25) is 0 Å². The Balaban J connectivity index is 1.72. The lowest BCUT2D eigenvalue weighted by Crippen LogP contribution is -2.43. The predicted octanol–water partition coefficient (Wildman–Crippen LogP) is -0.439. The quantitative estimate of drug-likeness (QED) is 0.583. The Kier molecular flexibility index (Phi) is 4.86. The van der Waals surface area contributed by atoms with Crippen molar-refractivity contribution in [3.8, 4) is 0 Å². The number of hydrogen-bond acceptors (Lipinski definition) is 5. The van der Waals surface area contributed by atoms with Crippen LogP contribution in [0.15, 0.2) is 6.20 Å². The van der Waals surface area contributed by atoms with Crippen molar-refractivity contribution in [2.24, 2.45) is 5.92 Å². The molecule has 0 aromatic carbocycles. The summed E-state index contributed by atoms with van der Waals surface area (Å²) >= 11 is 0. The molecule has 7 heteroatoms. The van der Waals surface area contributed by atoms with E-state index in [2.05, 4.69) is 20.9 Å². The standard InChI is InChI=1S/C12H21N5O2/c1-9(8-18)3-2-4-14-12(19)11-7-17(16-15-11)10-5-13-6-10/h7,9-10,13,18H,2-6,8H2,1H3,(H,14,19). The molecule has 3 N–H and O–H groups in total. The van der Waals surface area contributed by atoms with Crippen LogP contribution < -0.4 is 10.6 Å². The van der Waals surface area contributed by atoms with Gasteiger partial charge in [-0.2, -0.15) is 0 Å². The molecular weight excluding hydrogens is 246 g/mol. The van der Waals surface area contributed by atoms with Gasteiger partial charge < -0.3 is 15.7 Å². The van der Waals surface area contributed by atoms with E-state index in [1.54, 1.807) is 10.9 Å². The van der Waals surface area contributed by atoms with Crippen LogP contribution in [0.4, 0.5) is 0 Å². The van der Waals surface area contributed by atoms with Gasteiger partial charge in [-0.1, -0.05) is 12.1 Å². The van der Waals surface area contributed by atoms with E-state index in [4.69, 9.17) is 5.11 Å². The smallest absolute Gasteiger partial charge is 0.273 e. The van der Waals surface area contributed by atoms with Gasteiger partial charge in [-0.15, -0.1) is 5.10 Å². The highest BCUT2D eigenvalue weighted by atomic mass is 16.3. The molecule has 1 aliphatic heterocycles. The molecule has 0 bridgehead atoms. The van der Waals surface area contributed by atoms with Gasteiger partial charge in [0.25, 0.3) is 5.91 Å². The molecule has 2 heterocycles. The second-order valence-electron chi connectivity index (χ2n) is 5.08. The first-order valence-corrected chi connectivity index (χ1v) is 6.72. The highest BCUT2D eigenvalue weighted by Gasteiger charge is 2.21. The zero-order chi connectivity index (χ0) is 13.7. The largest absolute Gasteiger partial charge is 0.396 e. The maximum Gasteiger partial charge on any atom is 0.273 e. The molecule has 1 unspecified atom stereocenters. The maximum atomic E-state index is 11.8. The highest BCUT2D eigenvalue weighted by Crippen LogP contribution is 2.09. The normalized spacial score (nSPS) is 16.9. The van der Waals surface area contributed by atoms with Crippen molar-refractivity contribution in [1.82, 2.24) is 25.6 Å². The van der Waals surface area contributed by atoms with Crippen LogP contribution in [-0.4, -0.2) is 52.2 Å². The molecule has 1 saturated heterocycles. The van der Waals surface area contributed by atoms with Gasteiger partial charge in [0.05, 0.1) is 12.2 Å². The van der Waals surface area contributed by atoms with E-state index in [-0.39, 0.29) is 18.4 Å². The zero-order valence-electron chi connectivity index (χ0n) is 11.2. The average Bonchev–Trinajstić information content (AvgIpc) is 2.81. The number of hydrogen-bond donors (Lipinski definition) is 3. The van der Waals surface area contributed by atoms with E-state index in [1.165, 1.54) is 0 Å². The summed E-state index contributed by atoms with van der Waals surface area (Å²) < 4.78 is 1.74. The van der Waals surface area contributed by atoms with Crippen molar-refractivity contribution in [2.45, 2.75) is 25.8 Å². The summed E-state index contributed by atoms with van der Waals surface area (Å²) in [5.41, 5.74) is 0.363. The van der Waals surface area contributed by atoms with Crippen LogP contribution in [0.2, 0.25) is 0 Å². The van der Waals surface area contributed by atoms with E-state index in [9.17, 15) is 4.79 Å². The minimum atomic E-state index is -0.185. The van der Waals surface area contributed by atoms with Crippen LogP contribution in [0, 0.1) is 5.92 Å². The number of carbonyl (C=O) groups is 1. The third-order valence-corrected chi connectivity index (χ3v) is 3.35. The predicted molar refractivity (Wildman–Crippen MR) is 69.7 cm³/mol. The molecule has 1 atom stereocenters. The Morgan fingerprint density at radius 1 is 1.68 bits per heavy atom. The first kappa shape index (κ1) is 14.0. The second kappa shape index (κ2) is 6.63. The molecule has 106 valence electrons. The van der Waals surface area contributed by atoms with Crippen LogP contribution in [-0.2, 0) is 0 Å². The fourth-order valence-corrected chi connectivity index (χ4v) is 1.85. The van der Waals surface area contributed by atoms with E-state index in [0.29, 0.717) is 18.3 Å². The fraction of sp³-hybridized carbons (Fsp3) is 0.750. The van der Waals surface area contributed by atoms with Crippen LogP contribution in [0.25, 0.3) is 0 Å². The number of nitrogens with one attached hydrogen (secondary N) is 2. The third kappa shape index (κ3) is 3.74. The third-order valence-electron chi connectivity index (χ3n) is 3.35. The molecule has 1 aromatic rings. The molecule has 0 aliphatic carbocycles. The summed E-state index contributed by atoms with van der Waals surface area (Å²) in [7, 11) is 0. The summed E-state index contributed by atoms with van der Waals surface area (Å²) in [5.74, 6) is 0.0964. The van der Waals surface area contributed by atoms with Crippen molar-refractivity contribution in [2.75, 3.05) is 26.2 Å². The van der Waals surface area contributed by atoms with E-state index < -0.39 is 0 Å². The summed E-state index contributed by atoms with van der Waals surface area (Å²) in [5, 5.41) is 22.7. The van der Waals surface area contributed by atoms with Gasteiger partial charge in [0, 0.05) is 26.2 Å². The van der Waals surface area contributed by atoms with Gasteiger partial charge in [-0.3, -0.25) is 4.79 Å². The molecule has 7 nitrogen and oxygen atoms in total. The molecule has 19 heavy (non-hydrogen) atoms. The molecule has 1 fully saturated rings. The molecule has 1 amide bonds. The van der Waals surface area contributed by atoms with Crippen molar-refractivity contribution in [3.05, 3.63) is 11.9 Å². The molecular formula is C12H21N5O2. The molecule has 1 aromatic heterocycles. The van der Waals surface area contributed by atoms with Gasteiger partial charge in [-0.05, 0) is 18.8 Å². The highest BCUT2D eigenvalue weighted by molar-refractivity contribution is 5.91. The van der Waals surface area contributed by atoms with Gasteiger partial charge in [0.15, 0.2) is 5.69 Å². The van der Waals surface area contributed by atoms with Crippen molar-refractivity contribution < 1.29 is 9.90 Å². The summed E-state index contributed by atoms with van der Waals surface area (Å²) in [6.07, 6.45) is 3.45. The van der Waals surface area contributed by atoms with Gasteiger partial charge >= 0.3 is 0 Å². The Bertz CT molecular complexity index is 416. The zero-order valence-corrected chi connectivity index (χ0v) is 11.2. The maximum absolute atomic E-state index is 11.8. The second-order valence-corrected chi connectivity index (χ2v) is 5.08. The number of aliphatic hydroxyl groups is 1. The summed E-state index contributed by atoms with van der Waals surface area (Å²) in [6, 6.07) is 0.319. The van der Waals surface area contributed by atoms with Crippen LogP contribution >= 0.6 is 0 Å². The van der Waals surface area contributed by atoms with E-state index in [0.717, 1.165) is 25.9 Å². The van der Waals surface area contributed by atoms with Crippen LogP contribution in [0.5, 0.6) is 0 Å². The first-order chi connectivity index (χ1) is 9.20. The number of amides is 1. The number of aliphatic hydroxyl groups excluding tert-OH is 1. The fourth-order valence-electron chi connectivity index (χ4n) is 1.85. The van der Waals surface area contributed by atoms with Gasteiger partial charge in [0.1, 0.15) is 0 Å². The van der Waals surface area contributed by atoms with Gasteiger partial charge in [-0.25, -0.2) is 4.68 Å². The minimum Gasteiger partial charge on any atom is -0.396 e. The number of nitrogens with zero attached hydrogens (tertiary/aromatic N) is 3. The Hall–Kier alpha value is -1.47. The topological polar surface area (TPSA) is 92.1 Å². The van der Waals surface area contributed by atoms with Crippen LogP contribution in [0.1, 0.15) is 36.3 Å². The first-order valence-electron chi connectivity index (χ1n) is 6.72. The minimum absolute atomic E-state index is 0.185. The van der Waals surface area contributed by atoms with E-state index >= 15 is 0 Å². The average molecular weight is 267 g/mol. The van der Waals surface area contributed by atoms with Crippen molar-refractivity contribution in [1.29, 1.82) is 0 Å². The number of rotatable bonds is 7. The SMILES string of the molecule is CC(CO)CCCNC(=O)c1cn(C2CNC2)nn1. The van der Waals surface area contributed by atoms with Crippen molar-refractivity contribution >= 4 is 5.91 Å². The molecule has 1 aliphatic rings. The Morgan fingerprint density at radius 3 is 3.11 bits per heavy atom. The lowest BCUT2D eigenvalue weighted by atomic mass is 10.1. The molecule has 2 rings (SSSR count). The monoisotopic (exact) mass is 267 g/mol. The molecule has 0 spiro atoms. The lowest BCUT2D eigenvalue weighted by Gasteiger charge is -2.26. The number of aromatic nitrogens is 3. The summed E-state index contributed by atoms with van der Waals surface area (Å²) in [6.45, 7) is 4.53. The summed E-state index contributed by atoms with van der Waals surface area (Å²) in [4.78, 5) is 11.8. The Labute approximate surface area is 112 Å². The molecule has 0 radical (unpaired) electrons. The molecule has 0 saturated carbocycles.